The second kappa shape index (κ2) is 4.69. The van der Waals surface area contributed by atoms with Crippen LogP contribution in [-0.2, 0) is 0 Å². The van der Waals surface area contributed by atoms with Crippen molar-refractivity contribution in [3.05, 3.63) is 23.8 Å². The zero-order chi connectivity index (χ0) is 13.2. The maximum Gasteiger partial charge on any atom is 0.203 e. The van der Waals surface area contributed by atoms with Gasteiger partial charge in [-0.25, -0.2) is 0 Å². The van der Waals surface area contributed by atoms with Gasteiger partial charge in [-0.3, -0.25) is 4.79 Å². The topological polar surface area (TPSA) is 59.3 Å². The number of rotatable bonds is 4. The van der Waals surface area contributed by atoms with E-state index >= 15 is 0 Å². The zero-order valence-corrected chi connectivity index (χ0v) is 10.5. The summed E-state index contributed by atoms with van der Waals surface area (Å²) in [6.07, 6.45) is 0.653. The summed E-state index contributed by atoms with van der Waals surface area (Å²) in [5, 5.41) is 8.88. The summed E-state index contributed by atoms with van der Waals surface area (Å²) in [6, 6.07) is 7.42. The van der Waals surface area contributed by atoms with Crippen LogP contribution >= 0.6 is 0 Å². The van der Waals surface area contributed by atoms with E-state index in [0.29, 0.717) is 30.1 Å². The fourth-order valence-electron chi connectivity index (χ4n) is 1.64. The van der Waals surface area contributed by atoms with Crippen molar-refractivity contribution < 1.29 is 14.3 Å². The first kappa shape index (κ1) is 12.4. The average molecular weight is 245 g/mol. The van der Waals surface area contributed by atoms with E-state index in [1.54, 1.807) is 18.2 Å². The molecule has 1 heterocycles. The van der Waals surface area contributed by atoms with Gasteiger partial charge in [0.2, 0.25) is 5.78 Å². The van der Waals surface area contributed by atoms with Crippen LogP contribution in [0.3, 0.4) is 0 Å². The molecular formula is C14H15NO3. The van der Waals surface area contributed by atoms with Crippen LogP contribution in [0, 0.1) is 16.7 Å². The minimum atomic E-state index is -0.386. The lowest BCUT2D eigenvalue weighted by molar-refractivity contribution is 0.0961. The van der Waals surface area contributed by atoms with Crippen LogP contribution in [0.2, 0.25) is 0 Å². The third kappa shape index (κ3) is 2.62. The molecule has 0 saturated heterocycles. The number of carbonyl (C=O) groups excluding carboxylic acids is 1. The Labute approximate surface area is 106 Å². The number of hydrogen-bond acceptors (Lipinski definition) is 4. The molecular weight excluding hydrogens is 230 g/mol. The first-order valence-corrected chi connectivity index (χ1v) is 5.86. The normalized spacial score (nSPS) is 13.7. The molecule has 0 unspecified atom stereocenters. The molecule has 4 heteroatoms. The lowest BCUT2D eigenvalue weighted by Gasteiger charge is -2.15. The van der Waals surface area contributed by atoms with Crippen molar-refractivity contribution in [2.75, 3.05) is 13.2 Å². The highest BCUT2D eigenvalue weighted by Gasteiger charge is 2.21. The zero-order valence-electron chi connectivity index (χ0n) is 10.5. The Hall–Kier alpha value is -2.02. The van der Waals surface area contributed by atoms with Crippen molar-refractivity contribution in [1.82, 2.24) is 0 Å². The van der Waals surface area contributed by atoms with Crippen molar-refractivity contribution in [3.63, 3.8) is 0 Å². The molecule has 94 valence electrons. The Morgan fingerprint density at radius 3 is 3.00 bits per heavy atom. The molecule has 1 aliphatic rings. The summed E-state index contributed by atoms with van der Waals surface area (Å²) in [5.41, 5.74) is 0.225. The molecule has 0 fully saturated rings. The monoisotopic (exact) mass is 245 g/mol. The lowest BCUT2D eigenvalue weighted by Crippen LogP contribution is -2.13. The molecule has 1 aromatic rings. The molecule has 0 aliphatic carbocycles. The number of hydrogen-bond donors (Lipinski definition) is 0. The third-order valence-electron chi connectivity index (χ3n) is 2.91. The highest BCUT2D eigenvalue weighted by molar-refractivity contribution is 6.02. The minimum Gasteiger partial charge on any atom is -0.493 e. The number of fused-ring (bicyclic) bond motifs is 1. The Morgan fingerprint density at radius 1 is 1.50 bits per heavy atom. The van der Waals surface area contributed by atoms with E-state index < -0.39 is 0 Å². The van der Waals surface area contributed by atoms with Gasteiger partial charge < -0.3 is 9.47 Å². The molecule has 4 nitrogen and oxygen atoms in total. The van der Waals surface area contributed by atoms with Crippen LogP contribution in [0.1, 0.15) is 30.6 Å². The van der Waals surface area contributed by atoms with Crippen LogP contribution in [-0.4, -0.2) is 19.0 Å². The van der Waals surface area contributed by atoms with E-state index in [4.69, 9.17) is 14.7 Å². The Bertz CT molecular complexity index is 514. The predicted molar refractivity (Wildman–Crippen MR) is 65.8 cm³/mol. The molecule has 0 spiro atoms. The number of ketones is 1. The predicted octanol–water partition coefficient (Wildman–Crippen LogP) is 2.58. The van der Waals surface area contributed by atoms with E-state index in [2.05, 4.69) is 6.07 Å². The molecule has 0 N–H and O–H groups in total. The van der Waals surface area contributed by atoms with Crippen LogP contribution in [0.15, 0.2) is 18.2 Å². The Kier molecular flexibility index (Phi) is 3.24. The van der Waals surface area contributed by atoms with E-state index in [1.807, 2.05) is 13.8 Å². The van der Waals surface area contributed by atoms with Crippen molar-refractivity contribution >= 4 is 5.78 Å². The molecule has 0 atom stereocenters. The molecule has 1 aliphatic heterocycles. The van der Waals surface area contributed by atoms with Gasteiger partial charge in [0.15, 0.2) is 6.61 Å². The standard InChI is InChI=1S/C14H15NO3/c1-14(2,9-15)5-6-17-10-3-4-11-12(16)8-18-13(11)7-10/h3-4,7H,5-6,8H2,1-2H3. The van der Waals surface area contributed by atoms with E-state index in [1.165, 1.54) is 0 Å². The third-order valence-corrected chi connectivity index (χ3v) is 2.91. The van der Waals surface area contributed by atoms with Crippen molar-refractivity contribution in [2.24, 2.45) is 5.41 Å². The number of nitriles is 1. The van der Waals surface area contributed by atoms with Gasteiger partial charge in [0.05, 0.1) is 23.7 Å². The van der Waals surface area contributed by atoms with Gasteiger partial charge >= 0.3 is 0 Å². The van der Waals surface area contributed by atoms with E-state index in [9.17, 15) is 4.79 Å². The largest absolute Gasteiger partial charge is 0.493 e. The second-order valence-electron chi connectivity index (χ2n) is 4.96. The number of Topliss-reactive ketones (excluding diaryl/α,β-unsaturated/α-hetero) is 1. The fourth-order valence-corrected chi connectivity index (χ4v) is 1.64. The smallest absolute Gasteiger partial charge is 0.203 e. The summed E-state index contributed by atoms with van der Waals surface area (Å²) >= 11 is 0. The summed E-state index contributed by atoms with van der Waals surface area (Å²) in [5.74, 6) is 1.25. The molecule has 0 radical (unpaired) electrons. The van der Waals surface area contributed by atoms with Gasteiger partial charge in [0.1, 0.15) is 11.5 Å². The van der Waals surface area contributed by atoms with Crippen LogP contribution in [0.25, 0.3) is 0 Å². The van der Waals surface area contributed by atoms with Crippen molar-refractivity contribution in [2.45, 2.75) is 20.3 Å². The molecule has 0 bridgehead atoms. The average Bonchev–Trinajstić information content (AvgIpc) is 2.71. The fraction of sp³-hybridized carbons (Fsp3) is 0.429. The summed E-state index contributed by atoms with van der Waals surface area (Å²) in [6.45, 7) is 4.33. The van der Waals surface area contributed by atoms with Crippen molar-refractivity contribution in [1.29, 1.82) is 5.26 Å². The maximum atomic E-state index is 11.4. The number of benzene rings is 1. The molecule has 18 heavy (non-hydrogen) atoms. The Balaban J connectivity index is 1.96. The van der Waals surface area contributed by atoms with Gasteiger partial charge in [0, 0.05) is 6.07 Å². The second-order valence-corrected chi connectivity index (χ2v) is 4.96. The lowest BCUT2D eigenvalue weighted by atomic mass is 9.92. The highest BCUT2D eigenvalue weighted by atomic mass is 16.5. The van der Waals surface area contributed by atoms with E-state index in [0.717, 1.165) is 0 Å². The SMILES string of the molecule is CC(C)(C#N)CCOc1ccc2c(c1)OCC2=O. The number of carbonyl (C=O) groups is 1. The molecule has 1 aromatic carbocycles. The minimum absolute atomic E-state index is 0.00200. The summed E-state index contributed by atoms with van der Waals surface area (Å²) < 4.78 is 10.8. The number of nitrogens with zero attached hydrogens (tertiary/aromatic N) is 1. The molecule has 0 aromatic heterocycles. The Morgan fingerprint density at radius 2 is 2.28 bits per heavy atom. The van der Waals surface area contributed by atoms with Gasteiger partial charge in [-0.15, -0.1) is 0 Å². The van der Waals surface area contributed by atoms with Gasteiger partial charge in [-0.2, -0.15) is 5.26 Å². The quantitative estimate of drug-likeness (QED) is 0.818. The number of ether oxygens (including phenoxy) is 2. The van der Waals surface area contributed by atoms with E-state index in [-0.39, 0.29) is 17.8 Å². The maximum absolute atomic E-state index is 11.4. The molecule has 0 amide bonds. The van der Waals surface area contributed by atoms with Gasteiger partial charge in [0.25, 0.3) is 0 Å². The van der Waals surface area contributed by atoms with Gasteiger partial charge in [-0.05, 0) is 32.4 Å². The molecule has 2 rings (SSSR count). The van der Waals surface area contributed by atoms with Crippen LogP contribution in [0.5, 0.6) is 11.5 Å². The summed E-state index contributed by atoms with van der Waals surface area (Å²) in [4.78, 5) is 11.4. The highest BCUT2D eigenvalue weighted by Crippen LogP contribution is 2.30. The summed E-state index contributed by atoms with van der Waals surface area (Å²) in [7, 11) is 0. The first-order valence-electron chi connectivity index (χ1n) is 5.86. The van der Waals surface area contributed by atoms with Crippen molar-refractivity contribution in [3.8, 4) is 17.6 Å². The first-order chi connectivity index (χ1) is 8.52. The van der Waals surface area contributed by atoms with Gasteiger partial charge in [-0.1, -0.05) is 0 Å². The van der Waals surface area contributed by atoms with Crippen LogP contribution in [0.4, 0.5) is 0 Å². The van der Waals surface area contributed by atoms with Crippen LogP contribution < -0.4 is 9.47 Å². The molecule has 0 saturated carbocycles.